The van der Waals surface area contributed by atoms with Crippen LogP contribution in [0.2, 0.25) is 0 Å². The molecule has 1 saturated carbocycles. The number of rotatable bonds is 3. The van der Waals surface area contributed by atoms with E-state index in [9.17, 15) is 4.79 Å². The van der Waals surface area contributed by atoms with Gasteiger partial charge in [0.1, 0.15) is 6.10 Å². The van der Waals surface area contributed by atoms with Crippen LogP contribution in [0.4, 0.5) is 0 Å². The molecule has 2 unspecified atom stereocenters. The SMILES string of the molecule is COC1CCCC(OC(=O)c2cnn(C)c2)C1. The van der Waals surface area contributed by atoms with Gasteiger partial charge in [-0.25, -0.2) is 4.79 Å². The first-order valence-corrected chi connectivity index (χ1v) is 5.91. The minimum absolute atomic E-state index is 0.0265. The second kappa shape index (κ2) is 5.31. The highest BCUT2D eigenvalue weighted by Crippen LogP contribution is 2.23. The van der Waals surface area contributed by atoms with Crippen molar-refractivity contribution in [2.24, 2.45) is 7.05 Å². The van der Waals surface area contributed by atoms with Gasteiger partial charge in [0.2, 0.25) is 0 Å². The molecule has 5 nitrogen and oxygen atoms in total. The number of aromatic nitrogens is 2. The molecular formula is C12H18N2O3. The first-order chi connectivity index (χ1) is 8.19. The van der Waals surface area contributed by atoms with Crippen molar-refractivity contribution in [1.29, 1.82) is 0 Å². The maximum Gasteiger partial charge on any atom is 0.341 e. The molecule has 2 atom stereocenters. The fourth-order valence-corrected chi connectivity index (χ4v) is 2.17. The lowest BCUT2D eigenvalue weighted by Gasteiger charge is -2.27. The van der Waals surface area contributed by atoms with Crippen molar-refractivity contribution >= 4 is 5.97 Å². The van der Waals surface area contributed by atoms with E-state index in [1.165, 1.54) is 6.20 Å². The molecule has 0 spiro atoms. The van der Waals surface area contributed by atoms with Gasteiger partial charge in [0, 0.05) is 26.8 Å². The summed E-state index contributed by atoms with van der Waals surface area (Å²) in [6.07, 6.45) is 7.20. The summed E-state index contributed by atoms with van der Waals surface area (Å²) in [5, 5.41) is 3.95. The molecule has 0 saturated heterocycles. The number of esters is 1. The van der Waals surface area contributed by atoms with Crippen LogP contribution in [0.15, 0.2) is 12.4 Å². The second-order valence-electron chi connectivity index (χ2n) is 4.45. The van der Waals surface area contributed by atoms with E-state index in [0.717, 1.165) is 25.7 Å². The fourth-order valence-electron chi connectivity index (χ4n) is 2.17. The van der Waals surface area contributed by atoms with Crippen molar-refractivity contribution < 1.29 is 14.3 Å². The zero-order chi connectivity index (χ0) is 12.3. The Labute approximate surface area is 101 Å². The standard InChI is InChI=1S/C12H18N2O3/c1-14-8-9(7-13-14)12(15)17-11-5-3-4-10(6-11)16-2/h7-8,10-11H,3-6H2,1-2H3. The molecule has 94 valence electrons. The van der Waals surface area contributed by atoms with Gasteiger partial charge < -0.3 is 9.47 Å². The van der Waals surface area contributed by atoms with Gasteiger partial charge in [0.25, 0.3) is 0 Å². The lowest BCUT2D eigenvalue weighted by Crippen LogP contribution is -2.29. The summed E-state index contributed by atoms with van der Waals surface area (Å²) in [6.45, 7) is 0. The highest BCUT2D eigenvalue weighted by atomic mass is 16.5. The van der Waals surface area contributed by atoms with Crippen LogP contribution >= 0.6 is 0 Å². The normalized spacial score (nSPS) is 24.6. The molecule has 1 fully saturated rings. The van der Waals surface area contributed by atoms with Gasteiger partial charge in [-0.3, -0.25) is 4.68 Å². The Balaban J connectivity index is 1.90. The van der Waals surface area contributed by atoms with Gasteiger partial charge in [0.15, 0.2) is 0 Å². The molecule has 1 heterocycles. The summed E-state index contributed by atoms with van der Waals surface area (Å²) in [7, 11) is 3.48. The number of hydrogen-bond acceptors (Lipinski definition) is 4. The highest BCUT2D eigenvalue weighted by Gasteiger charge is 2.25. The highest BCUT2D eigenvalue weighted by molar-refractivity contribution is 5.88. The van der Waals surface area contributed by atoms with Gasteiger partial charge in [0.05, 0.1) is 17.9 Å². The largest absolute Gasteiger partial charge is 0.459 e. The summed E-state index contributed by atoms with van der Waals surface area (Å²) >= 11 is 0. The Kier molecular flexibility index (Phi) is 3.78. The first-order valence-electron chi connectivity index (χ1n) is 5.91. The minimum Gasteiger partial charge on any atom is -0.459 e. The molecule has 2 rings (SSSR count). The molecule has 0 radical (unpaired) electrons. The number of aryl methyl sites for hydroxylation is 1. The zero-order valence-electron chi connectivity index (χ0n) is 10.3. The minimum atomic E-state index is -0.292. The van der Waals surface area contributed by atoms with Gasteiger partial charge in [-0.1, -0.05) is 0 Å². The smallest absolute Gasteiger partial charge is 0.341 e. The monoisotopic (exact) mass is 238 g/mol. The summed E-state index contributed by atoms with van der Waals surface area (Å²) in [4.78, 5) is 11.8. The van der Waals surface area contributed by atoms with Gasteiger partial charge in [-0.2, -0.15) is 5.10 Å². The number of carbonyl (C=O) groups excluding carboxylic acids is 1. The number of hydrogen-bond donors (Lipinski definition) is 0. The van der Waals surface area contributed by atoms with E-state index in [1.807, 2.05) is 0 Å². The molecule has 5 heteroatoms. The van der Waals surface area contributed by atoms with Crippen LogP contribution in [0.3, 0.4) is 0 Å². The van der Waals surface area contributed by atoms with Crippen LogP contribution in [0.5, 0.6) is 0 Å². The van der Waals surface area contributed by atoms with E-state index in [2.05, 4.69) is 5.10 Å². The lowest BCUT2D eigenvalue weighted by molar-refractivity contribution is -0.0149. The van der Waals surface area contributed by atoms with Crippen LogP contribution in [0.25, 0.3) is 0 Å². The number of carbonyl (C=O) groups is 1. The van der Waals surface area contributed by atoms with Crippen molar-refractivity contribution in [2.45, 2.75) is 37.9 Å². The van der Waals surface area contributed by atoms with Crippen molar-refractivity contribution in [1.82, 2.24) is 9.78 Å². The van der Waals surface area contributed by atoms with Crippen LogP contribution in [-0.4, -0.2) is 35.1 Å². The molecule has 0 aromatic carbocycles. The van der Waals surface area contributed by atoms with Crippen LogP contribution < -0.4 is 0 Å². The van der Waals surface area contributed by atoms with E-state index < -0.39 is 0 Å². The van der Waals surface area contributed by atoms with Gasteiger partial charge >= 0.3 is 5.97 Å². The summed E-state index contributed by atoms with van der Waals surface area (Å²) in [5.41, 5.74) is 0.507. The predicted molar refractivity (Wildman–Crippen MR) is 61.7 cm³/mol. The predicted octanol–water partition coefficient (Wildman–Crippen LogP) is 1.53. The van der Waals surface area contributed by atoms with Crippen molar-refractivity contribution in [2.75, 3.05) is 7.11 Å². The number of methoxy groups -OCH3 is 1. The Hall–Kier alpha value is -1.36. The topological polar surface area (TPSA) is 53.4 Å². The maximum absolute atomic E-state index is 11.8. The molecule has 0 N–H and O–H groups in total. The van der Waals surface area contributed by atoms with E-state index in [0.29, 0.717) is 5.56 Å². The van der Waals surface area contributed by atoms with E-state index >= 15 is 0 Å². The summed E-state index contributed by atoms with van der Waals surface area (Å²) in [5.74, 6) is -0.292. The van der Waals surface area contributed by atoms with Crippen LogP contribution in [-0.2, 0) is 16.5 Å². The molecular weight excluding hydrogens is 220 g/mol. The Morgan fingerprint density at radius 1 is 1.47 bits per heavy atom. The zero-order valence-corrected chi connectivity index (χ0v) is 10.3. The quantitative estimate of drug-likeness (QED) is 0.749. The van der Waals surface area contributed by atoms with E-state index in [4.69, 9.17) is 9.47 Å². The summed E-state index contributed by atoms with van der Waals surface area (Å²) in [6, 6.07) is 0. The van der Waals surface area contributed by atoms with Crippen molar-refractivity contribution in [3.63, 3.8) is 0 Å². The third kappa shape index (κ3) is 3.06. The van der Waals surface area contributed by atoms with Crippen molar-refractivity contribution in [3.8, 4) is 0 Å². The molecule has 1 aromatic rings. The van der Waals surface area contributed by atoms with Crippen LogP contribution in [0, 0.1) is 0 Å². The molecule has 17 heavy (non-hydrogen) atoms. The van der Waals surface area contributed by atoms with Crippen LogP contribution in [0.1, 0.15) is 36.0 Å². The Morgan fingerprint density at radius 2 is 2.24 bits per heavy atom. The third-order valence-corrected chi connectivity index (χ3v) is 3.13. The average molecular weight is 238 g/mol. The number of ether oxygens (including phenoxy) is 2. The number of nitrogens with zero attached hydrogens (tertiary/aromatic N) is 2. The van der Waals surface area contributed by atoms with Gasteiger partial charge in [-0.15, -0.1) is 0 Å². The molecule has 1 aliphatic carbocycles. The molecule has 1 aliphatic rings. The van der Waals surface area contributed by atoms with E-state index in [-0.39, 0.29) is 18.2 Å². The fraction of sp³-hybridized carbons (Fsp3) is 0.667. The van der Waals surface area contributed by atoms with Crippen molar-refractivity contribution in [3.05, 3.63) is 18.0 Å². The Bertz CT molecular complexity index is 389. The van der Waals surface area contributed by atoms with Gasteiger partial charge in [-0.05, 0) is 19.3 Å². The maximum atomic E-state index is 11.8. The summed E-state index contributed by atoms with van der Waals surface area (Å²) < 4.78 is 12.3. The molecule has 0 amide bonds. The first kappa shape index (κ1) is 12.1. The molecule has 0 aliphatic heterocycles. The molecule has 0 bridgehead atoms. The second-order valence-corrected chi connectivity index (χ2v) is 4.45. The average Bonchev–Trinajstić information content (AvgIpc) is 2.76. The lowest BCUT2D eigenvalue weighted by atomic mass is 9.95. The Morgan fingerprint density at radius 3 is 2.88 bits per heavy atom. The molecule has 1 aromatic heterocycles. The third-order valence-electron chi connectivity index (χ3n) is 3.13. The van der Waals surface area contributed by atoms with E-state index in [1.54, 1.807) is 25.0 Å².